The number of rotatable bonds is 4. The Morgan fingerprint density at radius 3 is 2.84 bits per heavy atom. The van der Waals surface area contributed by atoms with Gasteiger partial charge in [0.05, 0.1) is 4.92 Å². The Morgan fingerprint density at radius 2 is 2.21 bits per heavy atom. The van der Waals surface area contributed by atoms with Crippen molar-refractivity contribution >= 4 is 11.6 Å². The van der Waals surface area contributed by atoms with Gasteiger partial charge in [-0.1, -0.05) is 6.07 Å². The molecule has 0 aliphatic heterocycles. The number of carbonyl (C=O) groups excluding carboxylic acids is 1. The number of nitro groups is 1. The predicted molar refractivity (Wildman–Crippen MR) is 69.8 cm³/mol. The van der Waals surface area contributed by atoms with Gasteiger partial charge in [-0.25, -0.2) is 0 Å². The van der Waals surface area contributed by atoms with E-state index >= 15 is 0 Å². The summed E-state index contributed by atoms with van der Waals surface area (Å²) < 4.78 is 0. The molecular weight excluding hydrogens is 246 g/mol. The molecule has 2 aromatic rings. The zero-order valence-electron chi connectivity index (χ0n) is 10.3. The first-order valence-corrected chi connectivity index (χ1v) is 5.73. The molecule has 6 nitrogen and oxygen atoms in total. The summed E-state index contributed by atoms with van der Waals surface area (Å²) in [6.45, 7) is 2.11. The van der Waals surface area contributed by atoms with Crippen LogP contribution in [0.25, 0.3) is 0 Å². The number of nitrogens with one attached hydrogen (secondary N) is 2. The normalized spacial score (nSPS) is 10.2. The summed E-state index contributed by atoms with van der Waals surface area (Å²) in [4.78, 5) is 25.2. The van der Waals surface area contributed by atoms with Crippen molar-refractivity contribution in [2.45, 2.75) is 13.5 Å². The van der Waals surface area contributed by atoms with Crippen LogP contribution in [-0.4, -0.2) is 15.8 Å². The van der Waals surface area contributed by atoms with Gasteiger partial charge in [-0.15, -0.1) is 0 Å². The standard InChI is InChI=1S/C13H13N3O3/c1-9-2-3-12(16(18)19)11(6-9)13(17)15-8-10-4-5-14-7-10/h2-7,14H,8H2,1H3,(H,15,17). The third kappa shape index (κ3) is 2.98. The summed E-state index contributed by atoms with van der Waals surface area (Å²) in [6, 6.07) is 6.30. The van der Waals surface area contributed by atoms with Crippen LogP contribution >= 0.6 is 0 Å². The summed E-state index contributed by atoms with van der Waals surface area (Å²) in [7, 11) is 0. The van der Waals surface area contributed by atoms with Crippen LogP contribution in [0.2, 0.25) is 0 Å². The molecule has 19 heavy (non-hydrogen) atoms. The molecule has 0 saturated heterocycles. The van der Waals surface area contributed by atoms with Crippen molar-refractivity contribution < 1.29 is 9.72 Å². The minimum absolute atomic E-state index is 0.0838. The van der Waals surface area contributed by atoms with Crippen LogP contribution in [0.4, 0.5) is 5.69 Å². The number of aryl methyl sites for hydroxylation is 1. The van der Waals surface area contributed by atoms with Crippen molar-refractivity contribution in [1.82, 2.24) is 10.3 Å². The van der Waals surface area contributed by atoms with E-state index in [-0.39, 0.29) is 11.3 Å². The third-order valence-corrected chi connectivity index (χ3v) is 2.71. The molecule has 1 heterocycles. The van der Waals surface area contributed by atoms with E-state index in [1.165, 1.54) is 12.1 Å². The lowest BCUT2D eigenvalue weighted by Crippen LogP contribution is -2.23. The molecule has 0 aliphatic carbocycles. The number of nitro benzene ring substituents is 1. The zero-order valence-corrected chi connectivity index (χ0v) is 10.3. The summed E-state index contributed by atoms with van der Waals surface area (Å²) in [6.07, 6.45) is 3.50. The van der Waals surface area contributed by atoms with Gasteiger partial charge >= 0.3 is 0 Å². The maximum Gasteiger partial charge on any atom is 0.282 e. The lowest BCUT2D eigenvalue weighted by atomic mass is 10.1. The number of aromatic amines is 1. The number of nitrogens with zero attached hydrogens (tertiary/aromatic N) is 1. The molecule has 0 radical (unpaired) electrons. The highest BCUT2D eigenvalue weighted by Crippen LogP contribution is 2.19. The highest BCUT2D eigenvalue weighted by molar-refractivity contribution is 5.98. The van der Waals surface area contributed by atoms with Crippen molar-refractivity contribution in [2.24, 2.45) is 0 Å². The first-order valence-electron chi connectivity index (χ1n) is 5.73. The highest BCUT2D eigenvalue weighted by Gasteiger charge is 2.19. The van der Waals surface area contributed by atoms with Gasteiger partial charge in [0.2, 0.25) is 0 Å². The van der Waals surface area contributed by atoms with Crippen LogP contribution in [0.1, 0.15) is 21.5 Å². The number of hydrogen-bond acceptors (Lipinski definition) is 3. The summed E-state index contributed by atoms with van der Waals surface area (Å²) in [5.74, 6) is -0.448. The van der Waals surface area contributed by atoms with E-state index in [4.69, 9.17) is 0 Å². The van der Waals surface area contributed by atoms with Gasteiger partial charge in [0, 0.05) is 25.0 Å². The van der Waals surface area contributed by atoms with Gasteiger partial charge in [-0.05, 0) is 30.2 Å². The SMILES string of the molecule is Cc1ccc([N+](=O)[O-])c(C(=O)NCc2cc[nH]c2)c1. The molecule has 0 unspecified atom stereocenters. The van der Waals surface area contributed by atoms with E-state index in [1.807, 2.05) is 6.07 Å². The Balaban J connectivity index is 2.18. The Kier molecular flexibility index (Phi) is 3.61. The van der Waals surface area contributed by atoms with Crippen molar-refractivity contribution in [1.29, 1.82) is 0 Å². The van der Waals surface area contributed by atoms with Crippen molar-refractivity contribution in [3.8, 4) is 0 Å². The Hall–Kier alpha value is -2.63. The lowest BCUT2D eigenvalue weighted by Gasteiger charge is -2.05. The molecule has 2 rings (SSSR count). The molecule has 0 aliphatic rings. The molecule has 1 aromatic carbocycles. The number of amides is 1. The smallest absolute Gasteiger partial charge is 0.282 e. The van der Waals surface area contributed by atoms with Crippen molar-refractivity contribution in [3.05, 3.63) is 63.5 Å². The number of H-pyrrole nitrogens is 1. The highest BCUT2D eigenvalue weighted by atomic mass is 16.6. The molecule has 98 valence electrons. The van der Waals surface area contributed by atoms with E-state index in [0.717, 1.165) is 11.1 Å². The first kappa shape index (κ1) is 12.8. The fraction of sp³-hybridized carbons (Fsp3) is 0.154. The maximum absolute atomic E-state index is 12.0. The average molecular weight is 259 g/mol. The fourth-order valence-corrected chi connectivity index (χ4v) is 1.74. The predicted octanol–water partition coefficient (Wildman–Crippen LogP) is 2.16. The topological polar surface area (TPSA) is 88.0 Å². The quantitative estimate of drug-likeness (QED) is 0.651. The molecule has 6 heteroatoms. The lowest BCUT2D eigenvalue weighted by molar-refractivity contribution is -0.385. The Labute approximate surface area is 109 Å². The van der Waals surface area contributed by atoms with Gasteiger partial charge < -0.3 is 10.3 Å². The number of benzene rings is 1. The second kappa shape index (κ2) is 5.34. The number of carbonyl (C=O) groups is 1. The van der Waals surface area contributed by atoms with Crippen LogP contribution in [0.3, 0.4) is 0 Å². The largest absolute Gasteiger partial charge is 0.367 e. The number of aromatic nitrogens is 1. The molecule has 0 spiro atoms. The summed E-state index contributed by atoms with van der Waals surface area (Å²) in [5.41, 5.74) is 1.61. The van der Waals surface area contributed by atoms with Gasteiger partial charge in [0.1, 0.15) is 5.56 Å². The van der Waals surface area contributed by atoms with Crippen LogP contribution in [-0.2, 0) is 6.54 Å². The second-order valence-electron chi connectivity index (χ2n) is 4.18. The van der Waals surface area contributed by atoms with Crippen molar-refractivity contribution in [2.75, 3.05) is 0 Å². The average Bonchev–Trinajstić information content (AvgIpc) is 2.88. The van der Waals surface area contributed by atoms with Gasteiger partial charge in [0.15, 0.2) is 0 Å². The van der Waals surface area contributed by atoms with E-state index < -0.39 is 10.8 Å². The van der Waals surface area contributed by atoms with Crippen LogP contribution in [0.5, 0.6) is 0 Å². The van der Waals surface area contributed by atoms with Gasteiger partial charge in [-0.3, -0.25) is 14.9 Å². The first-order chi connectivity index (χ1) is 9.08. The Bertz CT molecular complexity index is 606. The molecule has 1 amide bonds. The monoisotopic (exact) mass is 259 g/mol. The Morgan fingerprint density at radius 1 is 1.42 bits per heavy atom. The second-order valence-corrected chi connectivity index (χ2v) is 4.18. The van der Waals surface area contributed by atoms with Crippen LogP contribution in [0, 0.1) is 17.0 Å². The van der Waals surface area contributed by atoms with E-state index in [2.05, 4.69) is 10.3 Å². The maximum atomic E-state index is 12.0. The van der Waals surface area contributed by atoms with Crippen LogP contribution in [0.15, 0.2) is 36.7 Å². The molecule has 2 N–H and O–H groups in total. The molecule has 0 bridgehead atoms. The zero-order chi connectivity index (χ0) is 13.8. The van der Waals surface area contributed by atoms with Crippen LogP contribution < -0.4 is 5.32 Å². The molecule has 0 saturated carbocycles. The molecular formula is C13H13N3O3. The third-order valence-electron chi connectivity index (χ3n) is 2.71. The van der Waals surface area contributed by atoms with Crippen molar-refractivity contribution in [3.63, 3.8) is 0 Å². The van der Waals surface area contributed by atoms with Gasteiger partial charge in [-0.2, -0.15) is 0 Å². The summed E-state index contributed by atoms with van der Waals surface area (Å²) >= 11 is 0. The van der Waals surface area contributed by atoms with E-state index in [9.17, 15) is 14.9 Å². The van der Waals surface area contributed by atoms with E-state index in [0.29, 0.717) is 6.54 Å². The van der Waals surface area contributed by atoms with E-state index in [1.54, 1.807) is 25.4 Å². The summed E-state index contributed by atoms with van der Waals surface area (Å²) in [5, 5.41) is 13.6. The minimum Gasteiger partial charge on any atom is -0.367 e. The fourth-order valence-electron chi connectivity index (χ4n) is 1.74. The molecule has 1 aromatic heterocycles. The molecule has 0 fully saturated rings. The molecule has 0 atom stereocenters. The van der Waals surface area contributed by atoms with Gasteiger partial charge in [0.25, 0.3) is 11.6 Å². The number of hydrogen-bond donors (Lipinski definition) is 2. The minimum atomic E-state index is -0.551.